The van der Waals surface area contributed by atoms with E-state index in [0.717, 1.165) is 12.1 Å². The summed E-state index contributed by atoms with van der Waals surface area (Å²) in [6.07, 6.45) is 2.06. The van der Waals surface area contributed by atoms with Crippen LogP contribution in [0.3, 0.4) is 0 Å². The fourth-order valence-electron chi connectivity index (χ4n) is 1.58. The number of ether oxygens (including phenoxy) is 1. The molecule has 0 amide bonds. The van der Waals surface area contributed by atoms with Gasteiger partial charge in [0, 0.05) is 13.7 Å². The monoisotopic (exact) mass is 227 g/mol. The van der Waals surface area contributed by atoms with Gasteiger partial charge in [0.2, 0.25) is 0 Å². The van der Waals surface area contributed by atoms with E-state index in [1.54, 1.807) is 13.2 Å². The molecule has 0 fully saturated rings. The van der Waals surface area contributed by atoms with Gasteiger partial charge in [-0.05, 0) is 24.5 Å². The lowest BCUT2D eigenvalue weighted by atomic mass is 9.96. The molecule has 0 radical (unpaired) electrons. The molecule has 0 aromatic carbocycles. The number of nitrogens with zero attached hydrogens (tertiary/aromatic N) is 1. The van der Waals surface area contributed by atoms with Crippen molar-refractivity contribution < 1.29 is 9.13 Å². The van der Waals surface area contributed by atoms with Crippen molar-refractivity contribution in [1.29, 1.82) is 0 Å². The van der Waals surface area contributed by atoms with E-state index in [4.69, 9.17) is 10.6 Å². The maximum absolute atomic E-state index is 12.7. The van der Waals surface area contributed by atoms with Gasteiger partial charge in [0.15, 0.2) is 0 Å². The van der Waals surface area contributed by atoms with Crippen LogP contribution in [0, 0.1) is 11.7 Å². The molecule has 2 atom stereocenters. The van der Waals surface area contributed by atoms with E-state index < -0.39 is 0 Å². The number of hydrazine groups is 1. The maximum atomic E-state index is 12.7. The first kappa shape index (κ1) is 13.0. The third-order valence-electron chi connectivity index (χ3n) is 2.59. The maximum Gasteiger partial charge on any atom is 0.141 e. The van der Waals surface area contributed by atoms with Crippen molar-refractivity contribution in [2.75, 3.05) is 13.7 Å². The van der Waals surface area contributed by atoms with Gasteiger partial charge in [0.1, 0.15) is 5.82 Å². The van der Waals surface area contributed by atoms with Gasteiger partial charge in [-0.15, -0.1) is 0 Å². The van der Waals surface area contributed by atoms with Crippen LogP contribution >= 0.6 is 0 Å². The fourth-order valence-corrected chi connectivity index (χ4v) is 1.58. The summed E-state index contributed by atoms with van der Waals surface area (Å²) in [6, 6.07) is 2.94. The van der Waals surface area contributed by atoms with Crippen LogP contribution in [0.4, 0.5) is 4.39 Å². The third-order valence-corrected chi connectivity index (χ3v) is 2.59. The first-order valence-corrected chi connectivity index (χ1v) is 5.25. The van der Waals surface area contributed by atoms with Gasteiger partial charge in [-0.1, -0.05) is 6.92 Å². The third kappa shape index (κ3) is 3.52. The van der Waals surface area contributed by atoms with Crippen LogP contribution in [-0.2, 0) is 4.74 Å². The van der Waals surface area contributed by atoms with Crippen molar-refractivity contribution in [1.82, 2.24) is 10.4 Å². The van der Waals surface area contributed by atoms with Crippen LogP contribution in [0.2, 0.25) is 0 Å². The fraction of sp³-hybridized carbons (Fsp3) is 0.545. The molecule has 3 N–H and O–H groups in total. The average Bonchev–Trinajstić information content (AvgIpc) is 2.30. The second kappa shape index (κ2) is 6.52. The smallest absolute Gasteiger partial charge is 0.141 e. The molecule has 0 saturated carbocycles. The van der Waals surface area contributed by atoms with Crippen molar-refractivity contribution in [3.8, 4) is 0 Å². The number of rotatable bonds is 6. The van der Waals surface area contributed by atoms with E-state index in [0.29, 0.717) is 6.61 Å². The van der Waals surface area contributed by atoms with Crippen molar-refractivity contribution >= 4 is 0 Å². The summed E-state index contributed by atoms with van der Waals surface area (Å²) in [6.45, 7) is 2.72. The van der Waals surface area contributed by atoms with Gasteiger partial charge in [0.05, 0.1) is 17.9 Å². The lowest BCUT2D eigenvalue weighted by molar-refractivity contribution is 0.169. The number of hydrogen-bond acceptors (Lipinski definition) is 4. The SMILES string of the molecule is COCCC(C)C(NN)c1ccc(F)cn1. The second-order valence-corrected chi connectivity index (χ2v) is 3.80. The minimum Gasteiger partial charge on any atom is -0.385 e. The van der Waals surface area contributed by atoms with Crippen molar-refractivity contribution in [3.63, 3.8) is 0 Å². The highest BCUT2D eigenvalue weighted by Gasteiger charge is 2.18. The van der Waals surface area contributed by atoms with Crippen LogP contribution in [0.25, 0.3) is 0 Å². The first-order chi connectivity index (χ1) is 7.69. The molecule has 5 heteroatoms. The van der Waals surface area contributed by atoms with Crippen LogP contribution in [0.1, 0.15) is 25.1 Å². The zero-order chi connectivity index (χ0) is 12.0. The van der Waals surface area contributed by atoms with Crippen LogP contribution < -0.4 is 11.3 Å². The zero-order valence-corrected chi connectivity index (χ0v) is 9.61. The number of nitrogens with one attached hydrogen (secondary N) is 1. The quantitative estimate of drug-likeness (QED) is 0.569. The predicted molar refractivity (Wildman–Crippen MR) is 59.9 cm³/mol. The van der Waals surface area contributed by atoms with Crippen LogP contribution in [-0.4, -0.2) is 18.7 Å². The van der Waals surface area contributed by atoms with Gasteiger partial charge >= 0.3 is 0 Å². The number of pyridine rings is 1. The number of aromatic nitrogens is 1. The first-order valence-electron chi connectivity index (χ1n) is 5.25. The topological polar surface area (TPSA) is 60.2 Å². The van der Waals surface area contributed by atoms with Crippen molar-refractivity contribution in [3.05, 3.63) is 29.8 Å². The van der Waals surface area contributed by atoms with E-state index in [9.17, 15) is 4.39 Å². The Kier molecular flexibility index (Phi) is 5.31. The molecular formula is C11H18FN3O. The molecule has 0 aliphatic carbocycles. The van der Waals surface area contributed by atoms with Crippen molar-refractivity contribution in [2.45, 2.75) is 19.4 Å². The molecule has 0 aliphatic heterocycles. The minimum absolute atomic E-state index is 0.0873. The van der Waals surface area contributed by atoms with E-state index in [1.165, 1.54) is 12.3 Å². The number of hydrogen-bond donors (Lipinski definition) is 2. The Balaban J connectivity index is 2.69. The molecule has 1 heterocycles. The highest BCUT2D eigenvalue weighted by atomic mass is 19.1. The number of methoxy groups -OCH3 is 1. The molecule has 0 aliphatic rings. The van der Waals surface area contributed by atoms with E-state index in [1.807, 2.05) is 0 Å². The Hall–Kier alpha value is -1.04. The Labute approximate surface area is 95.0 Å². The lowest BCUT2D eigenvalue weighted by Crippen LogP contribution is -2.33. The Morgan fingerprint density at radius 3 is 2.81 bits per heavy atom. The van der Waals surface area contributed by atoms with E-state index >= 15 is 0 Å². The molecule has 90 valence electrons. The van der Waals surface area contributed by atoms with Crippen molar-refractivity contribution in [2.24, 2.45) is 11.8 Å². The average molecular weight is 227 g/mol. The molecule has 1 aromatic rings. The summed E-state index contributed by atoms with van der Waals surface area (Å²) >= 11 is 0. The summed E-state index contributed by atoms with van der Waals surface area (Å²) in [5.41, 5.74) is 3.45. The Morgan fingerprint density at radius 2 is 2.31 bits per heavy atom. The highest BCUT2D eigenvalue weighted by Crippen LogP contribution is 2.22. The van der Waals surface area contributed by atoms with Gasteiger partial charge in [-0.3, -0.25) is 16.3 Å². The molecule has 1 rings (SSSR count). The largest absolute Gasteiger partial charge is 0.385 e. The lowest BCUT2D eigenvalue weighted by Gasteiger charge is -2.22. The van der Waals surface area contributed by atoms with E-state index in [2.05, 4.69) is 17.3 Å². The Bertz CT molecular complexity index is 305. The summed E-state index contributed by atoms with van der Waals surface area (Å²) < 4.78 is 17.7. The molecule has 0 saturated heterocycles. The molecule has 1 aromatic heterocycles. The number of halogens is 1. The van der Waals surface area contributed by atoms with Gasteiger partial charge in [-0.25, -0.2) is 4.39 Å². The summed E-state index contributed by atoms with van der Waals surface area (Å²) in [5, 5.41) is 0. The molecule has 4 nitrogen and oxygen atoms in total. The zero-order valence-electron chi connectivity index (χ0n) is 9.61. The molecule has 0 bridgehead atoms. The standard InChI is InChI=1S/C11H18FN3O/c1-8(5-6-16-2)11(15-13)10-4-3-9(12)7-14-10/h3-4,7-8,11,15H,5-6,13H2,1-2H3. The highest BCUT2D eigenvalue weighted by molar-refractivity contribution is 5.10. The predicted octanol–water partition coefficient (Wildman–Crippen LogP) is 1.40. The van der Waals surface area contributed by atoms with E-state index in [-0.39, 0.29) is 17.8 Å². The van der Waals surface area contributed by atoms with Crippen LogP contribution in [0.5, 0.6) is 0 Å². The van der Waals surface area contributed by atoms with Gasteiger partial charge < -0.3 is 4.74 Å². The molecule has 0 spiro atoms. The molecule has 2 unspecified atom stereocenters. The Morgan fingerprint density at radius 1 is 1.56 bits per heavy atom. The summed E-state index contributed by atoms with van der Waals surface area (Å²) in [7, 11) is 1.66. The van der Waals surface area contributed by atoms with Crippen LogP contribution in [0.15, 0.2) is 18.3 Å². The summed E-state index contributed by atoms with van der Waals surface area (Å²) in [4.78, 5) is 4.02. The van der Waals surface area contributed by atoms with Gasteiger partial charge in [-0.2, -0.15) is 0 Å². The normalized spacial score (nSPS) is 14.8. The molecule has 16 heavy (non-hydrogen) atoms. The number of nitrogens with two attached hydrogens (primary N) is 1. The minimum atomic E-state index is -0.343. The second-order valence-electron chi connectivity index (χ2n) is 3.80. The summed E-state index contributed by atoms with van der Waals surface area (Å²) in [5.74, 6) is 5.41. The molecular weight excluding hydrogens is 209 g/mol. The van der Waals surface area contributed by atoms with Gasteiger partial charge in [0.25, 0.3) is 0 Å².